The fourth-order valence-corrected chi connectivity index (χ4v) is 7.72. The van der Waals surface area contributed by atoms with E-state index in [4.69, 9.17) is 4.74 Å². The first kappa shape index (κ1) is 23.9. The summed E-state index contributed by atoms with van der Waals surface area (Å²) in [7, 11) is 0. The van der Waals surface area contributed by atoms with E-state index in [1.165, 1.54) is 0 Å². The molecule has 0 heterocycles. The van der Waals surface area contributed by atoms with Crippen LogP contribution in [0.2, 0.25) is 0 Å². The van der Waals surface area contributed by atoms with Crippen LogP contribution >= 0.6 is 0 Å². The smallest absolute Gasteiger partial charge is 0.410 e. The maximum atomic E-state index is 13.3. The van der Waals surface area contributed by atoms with Gasteiger partial charge in [-0.3, -0.25) is 9.59 Å². The Balaban J connectivity index is 1.33. The molecule has 7 atom stereocenters. The largest absolute Gasteiger partial charge is 0.412 e. The van der Waals surface area contributed by atoms with Crippen molar-refractivity contribution in [1.82, 2.24) is 5.32 Å². The Bertz CT molecular complexity index is 1110. The maximum absolute atomic E-state index is 13.3. The number of aliphatic hydroxyl groups excluding tert-OH is 1. The summed E-state index contributed by atoms with van der Waals surface area (Å²) in [5, 5.41) is 25.6. The van der Waals surface area contributed by atoms with Crippen molar-refractivity contribution in [1.29, 1.82) is 0 Å². The van der Waals surface area contributed by atoms with E-state index in [0.29, 0.717) is 25.0 Å². The van der Waals surface area contributed by atoms with Crippen LogP contribution in [0, 0.1) is 28.6 Å². The van der Waals surface area contributed by atoms with Crippen LogP contribution in [0.5, 0.6) is 5.75 Å². The molecule has 0 bridgehead atoms. The molecule has 0 aliphatic heterocycles. The normalized spacial score (nSPS) is 39.7. The van der Waals surface area contributed by atoms with Gasteiger partial charge < -0.3 is 20.3 Å². The molecule has 7 nitrogen and oxygen atoms in total. The van der Waals surface area contributed by atoms with Gasteiger partial charge in [-0.25, -0.2) is 4.79 Å². The molecule has 0 spiro atoms. The number of allylic oxidation sites excluding steroid dienone is 4. The molecule has 5 rings (SSSR count). The summed E-state index contributed by atoms with van der Waals surface area (Å²) in [6, 6.07) is 8.56. The molecule has 1 amide bonds. The molecule has 3 fully saturated rings. The lowest BCUT2D eigenvalue weighted by Crippen LogP contribution is -2.62. The van der Waals surface area contributed by atoms with Crippen LogP contribution in [0.1, 0.15) is 46.0 Å². The average molecular weight is 480 g/mol. The van der Waals surface area contributed by atoms with Crippen LogP contribution in [0.4, 0.5) is 4.79 Å². The fourth-order valence-electron chi connectivity index (χ4n) is 7.72. The Morgan fingerprint density at radius 2 is 1.91 bits per heavy atom. The number of fused-ring (bicyclic) bond motifs is 5. The van der Waals surface area contributed by atoms with Crippen molar-refractivity contribution < 1.29 is 29.3 Å². The highest BCUT2D eigenvalue weighted by atomic mass is 16.6. The van der Waals surface area contributed by atoms with Crippen molar-refractivity contribution in [2.45, 2.75) is 57.7 Å². The van der Waals surface area contributed by atoms with Gasteiger partial charge in [-0.2, -0.15) is 0 Å². The van der Waals surface area contributed by atoms with E-state index >= 15 is 0 Å². The minimum absolute atomic E-state index is 0.00908. The summed E-state index contributed by atoms with van der Waals surface area (Å²) in [5.74, 6) is 0.0192. The number of nitrogens with one attached hydrogen (secondary N) is 1. The quantitative estimate of drug-likeness (QED) is 0.611. The molecule has 4 aliphatic rings. The number of hydrogen-bond donors (Lipinski definition) is 3. The zero-order valence-corrected chi connectivity index (χ0v) is 20.2. The number of para-hydroxylation sites is 1. The molecular weight excluding hydrogens is 446 g/mol. The number of hydrogen-bond acceptors (Lipinski definition) is 6. The van der Waals surface area contributed by atoms with Crippen molar-refractivity contribution in [2.24, 2.45) is 28.6 Å². The number of carbonyl (C=O) groups is 3. The number of carbonyl (C=O) groups excluding carboxylic acids is 3. The molecule has 3 saturated carbocycles. The van der Waals surface area contributed by atoms with Crippen molar-refractivity contribution in [3.05, 3.63) is 54.1 Å². The number of ketones is 2. The number of amides is 1. The first-order valence-corrected chi connectivity index (χ1v) is 12.5. The molecule has 35 heavy (non-hydrogen) atoms. The van der Waals surface area contributed by atoms with Crippen LogP contribution in [-0.2, 0) is 9.59 Å². The van der Waals surface area contributed by atoms with Gasteiger partial charge >= 0.3 is 6.09 Å². The van der Waals surface area contributed by atoms with Gasteiger partial charge in [0, 0.05) is 16.7 Å². The van der Waals surface area contributed by atoms with E-state index in [1.807, 2.05) is 13.0 Å². The Morgan fingerprint density at radius 1 is 1.17 bits per heavy atom. The average Bonchev–Trinajstić information content (AvgIpc) is 3.09. The second-order valence-electron chi connectivity index (χ2n) is 11.1. The topological polar surface area (TPSA) is 113 Å². The summed E-state index contributed by atoms with van der Waals surface area (Å²) in [5.41, 5.74) is -1.77. The van der Waals surface area contributed by atoms with Gasteiger partial charge in [-0.1, -0.05) is 43.7 Å². The van der Waals surface area contributed by atoms with Gasteiger partial charge in [0.05, 0.1) is 12.6 Å². The standard InChI is InChI=1S/C28H33NO6/c1-26-12-10-18(30)14-17(26)8-9-20-21-11-13-28(34,27(21,2)15-22(31)24(20)26)23(32)16-29-25(33)35-19-6-4-3-5-7-19/h3-7,10,12,14,20-22,24,31,34H,8-9,11,13,15-16H2,1-2H3,(H,29,33)/t20?,21?,22?,24?,26?,27?,28-/m0/s1. The Morgan fingerprint density at radius 3 is 2.66 bits per heavy atom. The first-order chi connectivity index (χ1) is 16.6. The minimum atomic E-state index is -1.64. The summed E-state index contributed by atoms with van der Waals surface area (Å²) >= 11 is 0. The second-order valence-corrected chi connectivity index (χ2v) is 11.1. The molecule has 0 aromatic heterocycles. The first-order valence-electron chi connectivity index (χ1n) is 12.5. The van der Waals surface area contributed by atoms with Gasteiger partial charge in [-0.05, 0) is 68.2 Å². The fraction of sp³-hybridized carbons (Fsp3) is 0.536. The predicted molar refractivity (Wildman–Crippen MR) is 128 cm³/mol. The van der Waals surface area contributed by atoms with Crippen LogP contribution in [0.3, 0.4) is 0 Å². The number of rotatable bonds is 4. The Hall–Kier alpha value is -2.77. The van der Waals surface area contributed by atoms with Crippen LogP contribution < -0.4 is 10.1 Å². The third-order valence-corrected chi connectivity index (χ3v) is 9.46. The van der Waals surface area contributed by atoms with Crippen LogP contribution in [0.15, 0.2) is 54.1 Å². The third-order valence-electron chi connectivity index (χ3n) is 9.46. The lowest BCUT2D eigenvalue weighted by molar-refractivity contribution is -0.175. The van der Waals surface area contributed by atoms with Gasteiger partial charge in [-0.15, -0.1) is 0 Å². The Kier molecular flexibility index (Phi) is 5.76. The second kappa shape index (κ2) is 8.42. The highest BCUT2D eigenvalue weighted by molar-refractivity contribution is 6.01. The van der Waals surface area contributed by atoms with E-state index in [9.17, 15) is 24.6 Å². The number of ether oxygens (including phenoxy) is 1. The summed E-state index contributed by atoms with van der Waals surface area (Å²) in [4.78, 5) is 37.5. The van der Waals surface area contributed by atoms with Gasteiger partial charge in [0.2, 0.25) is 0 Å². The highest BCUT2D eigenvalue weighted by Gasteiger charge is 2.68. The molecular formula is C28H33NO6. The summed E-state index contributed by atoms with van der Waals surface area (Å²) < 4.78 is 5.19. The lowest BCUT2D eigenvalue weighted by Gasteiger charge is -2.59. The molecule has 7 heteroatoms. The highest BCUT2D eigenvalue weighted by Crippen LogP contribution is 2.67. The van der Waals surface area contributed by atoms with Crippen molar-refractivity contribution in [3.63, 3.8) is 0 Å². The van der Waals surface area contributed by atoms with Crippen LogP contribution in [-0.4, -0.2) is 46.1 Å². The maximum Gasteiger partial charge on any atom is 0.412 e. The van der Waals surface area contributed by atoms with E-state index < -0.39 is 34.4 Å². The predicted octanol–water partition coefficient (Wildman–Crippen LogP) is 3.35. The molecule has 1 aromatic carbocycles. The monoisotopic (exact) mass is 479 g/mol. The van der Waals surface area contributed by atoms with E-state index in [0.717, 1.165) is 18.4 Å². The molecule has 1 aromatic rings. The zero-order valence-electron chi connectivity index (χ0n) is 20.2. The summed E-state index contributed by atoms with van der Waals surface area (Å²) in [6.45, 7) is 3.67. The Labute approximate surface area is 205 Å². The molecule has 0 radical (unpaired) electrons. The lowest BCUT2D eigenvalue weighted by atomic mass is 9.46. The minimum Gasteiger partial charge on any atom is -0.410 e. The SMILES string of the molecule is CC12C=CC(=O)C=C1CCC1C2C(O)CC2(C)C1CC[C@]2(O)C(=O)CNC(=O)Oc1ccccc1. The van der Waals surface area contributed by atoms with Crippen molar-refractivity contribution in [3.8, 4) is 5.75 Å². The van der Waals surface area contributed by atoms with Crippen LogP contribution in [0.25, 0.3) is 0 Å². The number of benzene rings is 1. The third kappa shape index (κ3) is 3.67. The molecule has 0 saturated heterocycles. The van der Waals surface area contributed by atoms with Gasteiger partial charge in [0.15, 0.2) is 11.6 Å². The van der Waals surface area contributed by atoms with Gasteiger partial charge in [0.25, 0.3) is 0 Å². The van der Waals surface area contributed by atoms with Crippen molar-refractivity contribution >= 4 is 17.7 Å². The molecule has 3 N–H and O–H groups in total. The van der Waals surface area contributed by atoms with E-state index in [-0.39, 0.29) is 30.1 Å². The van der Waals surface area contributed by atoms with E-state index in [1.54, 1.807) is 42.5 Å². The zero-order chi connectivity index (χ0) is 25.0. The molecule has 186 valence electrons. The molecule has 4 aliphatic carbocycles. The van der Waals surface area contributed by atoms with Crippen molar-refractivity contribution in [2.75, 3.05) is 6.54 Å². The number of Topliss-reactive ketones (excluding diaryl/α,β-unsaturated/α-hetero) is 1. The number of aliphatic hydroxyl groups is 2. The molecule has 6 unspecified atom stereocenters. The van der Waals surface area contributed by atoms with Gasteiger partial charge in [0.1, 0.15) is 11.4 Å². The summed E-state index contributed by atoms with van der Waals surface area (Å²) in [6.07, 6.45) is 6.64. The van der Waals surface area contributed by atoms with E-state index in [2.05, 4.69) is 12.2 Å².